The van der Waals surface area contributed by atoms with E-state index in [1.165, 1.54) is 0 Å². The number of rotatable bonds is 7. The highest BCUT2D eigenvalue weighted by Crippen LogP contribution is 2.27. The topological polar surface area (TPSA) is 78.3 Å². The van der Waals surface area contributed by atoms with E-state index in [0.717, 1.165) is 27.5 Å². The third-order valence-electron chi connectivity index (χ3n) is 5.72. The molecule has 4 aromatic carbocycles. The number of carbonyl (C=O) groups excluding carboxylic acids is 1. The number of ether oxygens (including phenoxy) is 2. The average molecular weight is 467 g/mol. The van der Waals surface area contributed by atoms with Crippen molar-refractivity contribution in [2.75, 3.05) is 18.5 Å². The first kappa shape index (κ1) is 22.4. The molecule has 7 nitrogen and oxygen atoms in total. The van der Waals surface area contributed by atoms with Gasteiger partial charge in [0.15, 0.2) is 0 Å². The van der Waals surface area contributed by atoms with Gasteiger partial charge in [0.25, 0.3) is 5.91 Å². The molecular weight excluding hydrogens is 440 g/mol. The number of carbonyl (C=O) groups is 1. The van der Waals surface area contributed by atoms with Crippen LogP contribution in [0.1, 0.15) is 29.8 Å². The first-order chi connectivity index (χ1) is 17.1. The Hall–Kier alpha value is -4.39. The number of amides is 1. The van der Waals surface area contributed by atoms with Crippen LogP contribution in [0.4, 0.5) is 5.69 Å². The van der Waals surface area contributed by atoms with Crippen LogP contribution in [0.5, 0.6) is 11.5 Å². The van der Waals surface area contributed by atoms with Crippen molar-refractivity contribution in [3.8, 4) is 17.2 Å². The Balaban J connectivity index is 1.48. The third kappa shape index (κ3) is 4.53. The molecule has 35 heavy (non-hydrogen) atoms. The molecule has 0 aliphatic rings. The number of fused-ring (bicyclic) bond motifs is 2. The molecule has 0 fully saturated rings. The minimum absolute atomic E-state index is 0.253. The number of hydrogen-bond acceptors (Lipinski definition) is 5. The van der Waals surface area contributed by atoms with Gasteiger partial charge >= 0.3 is 0 Å². The van der Waals surface area contributed by atoms with E-state index in [9.17, 15) is 4.79 Å². The lowest BCUT2D eigenvalue weighted by atomic mass is 10.1. The molecule has 5 aromatic rings. The van der Waals surface area contributed by atoms with Gasteiger partial charge in [0.05, 0.1) is 18.9 Å². The molecule has 1 heterocycles. The predicted octanol–water partition coefficient (Wildman–Crippen LogP) is 5.93. The molecule has 0 atom stereocenters. The maximum atomic E-state index is 13.1. The summed E-state index contributed by atoms with van der Waals surface area (Å²) in [7, 11) is 0. The molecule has 0 radical (unpaired) electrons. The zero-order valence-corrected chi connectivity index (χ0v) is 19.9. The van der Waals surface area contributed by atoms with Gasteiger partial charge in [0.2, 0.25) is 0 Å². The number of nitrogens with zero attached hydrogens (tertiary/aromatic N) is 3. The SMILES string of the molecule is CCOc1cc(OCC)cc(C(=O)Nc2cc3nn(-c4cccc5ccccc45)nc3cc2C)c1. The summed E-state index contributed by atoms with van der Waals surface area (Å²) in [6.45, 7) is 6.74. The zero-order chi connectivity index (χ0) is 24.4. The van der Waals surface area contributed by atoms with Crippen LogP contribution in [0.2, 0.25) is 0 Å². The molecule has 5 rings (SSSR count). The number of benzene rings is 4. The fraction of sp³-hybridized carbons (Fsp3) is 0.179. The Morgan fingerprint density at radius 2 is 1.51 bits per heavy atom. The molecule has 0 saturated heterocycles. The number of aromatic nitrogens is 3. The Morgan fingerprint density at radius 3 is 2.23 bits per heavy atom. The Bertz CT molecular complexity index is 1510. The van der Waals surface area contributed by atoms with Crippen LogP contribution in [0.25, 0.3) is 27.5 Å². The lowest BCUT2D eigenvalue weighted by Crippen LogP contribution is -2.13. The Kier molecular flexibility index (Phi) is 6.06. The second-order valence-corrected chi connectivity index (χ2v) is 8.16. The molecule has 7 heteroatoms. The molecule has 0 bridgehead atoms. The van der Waals surface area contributed by atoms with Gasteiger partial charge in [-0.2, -0.15) is 0 Å². The van der Waals surface area contributed by atoms with E-state index in [1.807, 2.05) is 57.2 Å². The summed E-state index contributed by atoms with van der Waals surface area (Å²) in [5.74, 6) is 0.930. The molecular formula is C28H26N4O3. The summed E-state index contributed by atoms with van der Waals surface area (Å²) >= 11 is 0. The van der Waals surface area contributed by atoms with Gasteiger partial charge in [-0.1, -0.05) is 36.4 Å². The molecule has 0 spiro atoms. The van der Waals surface area contributed by atoms with Crippen LogP contribution in [0.15, 0.2) is 72.8 Å². The van der Waals surface area contributed by atoms with E-state index < -0.39 is 0 Å². The lowest BCUT2D eigenvalue weighted by Gasteiger charge is -2.12. The first-order valence-electron chi connectivity index (χ1n) is 11.6. The summed E-state index contributed by atoms with van der Waals surface area (Å²) in [4.78, 5) is 14.8. The van der Waals surface area contributed by atoms with Gasteiger partial charge in [-0.3, -0.25) is 4.79 Å². The van der Waals surface area contributed by atoms with E-state index in [-0.39, 0.29) is 5.91 Å². The predicted molar refractivity (Wildman–Crippen MR) is 138 cm³/mol. The van der Waals surface area contributed by atoms with E-state index in [0.29, 0.717) is 41.5 Å². The molecule has 0 unspecified atom stereocenters. The molecule has 176 valence electrons. The monoisotopic (exact) mass is 466 g/mol. The highest BCUT2D eigenvalue weighted by Gasteiger charge is 2.15. The normalized spacial score (nSPS) is 11.1. The minimum Gasteiger partial charge on any atom is -0.494 e. The summed E-state index contributed by atoms with van der Waals surface area (Å²) in [5, 5.41) is 14.6. The van der Waals surface area contributed by atoms with Crippen molar-refractivity contribution >= 4 is 33.4 Å². The van der Waals surface area contributed by atoms with E-state index >= 15 is 0 Å². The van der Waals surface area contributed by atoms with Gasteiger partial charge in [0.1, 0.15) is 22.5 Å². The van der Waals surface area contributed by atoms with Crippen molar-refractivity contribution in [3.63, 3.8) is 0 Å². The molecule has 1 N–H and O–H groups in total. The summed E-state index contributed by atoms with van der Waals surface area (Å²) in [6, 6.07) is 23.2. The van der Waals surface area contributed by atoms with Gasteiger partial charge < -0.3 is 14.8 Å². The zero-order valence-electron chi connectivity index (χ0n) is 19.9. The van der Waals surface area contributed by atoms with Crippen LogP contribution < -0.4 is 14.8 Å². The molecule has 0 saturated carbocycles. The second-order valence-electron chi connectivity index (χ2n) is 8.16. The number of anilines is 1. The summed E-state index contributed by atoms with van der Waals surface area (Å²) in [5.41, 5.74) is 4.37. The smallest absolute Gasteiger partial charge is 0.255 e. The highest BCUT2D eigenvalue weighted by atomic mass is 16.5. The van der Waals surface area contributed by atoms with Crippen LogP contribution in [-0.4, -0.2) is 34.1 Å². The first-order valence-corrected chi connectivity index (χ1v) is 11.6. The summed E-state index contributed by atoms with van der Waals surface area (Å²) in [6.07, 6.45) is 0. The molecule has 0 aliphatic heterocycles. The maximum Gasteiger partial charge on any atom is 0.255 e. The number of nitrogens with one attached hydrogen (secondary N) is 1. The second kappa shape index (κ2) is 9.46. The quantitative estimate of drug-likeness (QED) is 0.322. The number of hydrogen-bond donors (Lipinski definition) is 1. The third-order valence-corrected chi connectivity index (χ3v) is 5.72. The maximum absolute atomic E-state index is 13.1. The average Bonchev–Trinajstić information content (AvgIpc) is 3.26. The Labute approximate surface area is 203 Å². The van der Waals surface area contributed by atoms with Crippen molar-refractivity contribution in [2.24, 2.45) is 0 Å². The molecule has 0 aliphatic carbocycles. The fourth-order valence-electron chi connectivity index (χ4n) is 4.09. The summed E-state index contributed by atoms with van der Waals surface area (Å²) < 4.78 is 11.2. The van der Waals surface area contributed by atoms with Crippen molar-refractivity contribution in [3.05, 3.63) is 83.9 Å². The van der Waals surface area contributed by atoms with Crippen LogP contribution >= 0.6 is 0 Å². The highest BCUT2D eigenvalue weighted by molar-refractivity contribution is 6.06. The lowest BCUT2D eigenvalue weighted by molar-refractivity contribution is 0.102. The minimum atomic E-state index is -0.253. The Morgan fingerprint density at radius 1 is 0.857 bits per heavy atom. The van der Waals surface area contributed by atoms with Gasteiger partial charge in [0, 0.05) is 22.7 Å². The fourth-order valence-corrected chi connectivity index (χ4v) is 4.09. The van der Waals surface area contributed by atoms with E-state index in [4.69, 9.17) is 19.7 Å². The van der Waals surface area contributed by atoms with E-state index in [1.54, 1.807) is 23.0 Å². The van der Waals surface area contributed by atoms with Crippen molar-refractivity contribution in [1.82, 2.24) is 15.0 Å². The van der Waals surface area contributed by atoms with Gasteiger partial charge in [-0.05, 0) is 62.1 Å². The van der Waals surface area contributed by atoms with Crippen molar-refractivity contribution in [1.29, 1.82) is 0 Å². The molecule has 1 aromatic heterocycles. The van der Waals surface area contributed by atoms with Crippen LogP contribution in [0, 0.1) is 6.92 Å². The van der Waals surface area contributed by atoms with Crippen molar-refractivity contribution < 1.29 is 14.3 Å². The largest absolute Gasteiger partial charge is 0.494 e. The van der Waals surface area contributed by atoms with Gasteiger partial charge in [-0.15, -0.1) is 15.0 Å². The van der Waals surface area contributed by atoms with Crippen molar-refractivity contribution in [2.45, 2.75) is 20.8 Å². The van der Waals surface area contributed by atoms with Gasteiger partial charge in [-0.25, -0.2) is 0 Å². The molecule has 1 amide bonds. The van der Waals surface area contributed by atoms with E-state index in [2.05, 4.69) is 23.5 Å². The van der Waals surface area contributed by atoms with Crippen LogP contribution in [0.3, 0.4) is 0 Å². The number of aryl methyl sites for hydroxylation is 1. The van der Waals surface area contributed by atoms with Crippen LogP contribution in [-0.2, 0) is 0 Å². The standard InChI is InChI=1S/C28H26N4O3/c1-4-34-21-14-20(15-22(16-21)35-5-2)28(33)29-24-17-26-25(13-18(24)3)30-32(31-26)27-12-8-10-19-9-6-7-11-23(19)27/h6-17H,4-5H2,1-3H3,(H,29,33).